The van der Waals surface area contributed by atoms with Crippen molar-refractivity contribution in [3.8, 4) is 0 Å². The van der Waals surface area contributed by atoms with Gasteiger partial charge in [0, 0.05) is 32.0 Å². The standard InChI is InChI=1S/C21H31NO7/c1-22(11-17(25)20(28)21(29)18(26)12-23)19(27)9-8-16(24)15-7-6-13-4-2-3-5-14(13)10-15/h6-7,10,17-18,20-21,23,25-26,28-29H,2-5,8-9,11-12H2,1H3. The largest absolute Gasteiger partial charge is 0.394 e. The van der Waals surface area contributed by atoms with Gasteiger partial charge in [-0.3, -0.25) is 9.59 Å². The van der Waals surface area contributed by atoms with Crippen molar-refractivity contribution in [2.24, 2.45) is 0 Å². The van der Waals surface area contributed by atoms with Gasteiger partial charge in [0.2, 0.25) is 5.91 Å². The number of benzene rings is 1. The Kier molecular flexibility index (Phi) is 8.73. The molecule has 29 heavy (non-hydrogen) atoms. The number of likely N-dealkylation sites (N-methyl/N-ethyl adjacent to an activating group) is 1. The zero-order chi connectivity index (χ0) is 21.6. The Morgan fingerprint density at radius 2 is 1.59 bits per heavy atom. The summed E-state index contributed by atoms with van der Waals surface area (Å²) in [6.45, 7) is -1.06. The van der Waals surface area contributed by atoms with Crippen LogP contribution in [0.3, 0.4) is 0 Å². The lowest BCUT2D eigenvalue weighted by molar-refractivity contribution is -0.137. The van der Waals surface area contributed by atoms with Crippen LogP contribution < -0.4 is 0 Å². The number of aryl methyl sites for hydroxylation is 2. The molecule has 0 saturated heterocycles. The molecule has 4 atom stereocenters. The normalized spacial score (nSPS) is 17.7. The van der Waals surface area contributed by atoms with E-state index in [1.165, 1.54) is 18.2 Å². The minimum Gasteiger partial charge on any atom is -0.394 e. The number of carbonyl (C=O) groups is 2. The molecule has 0 spiro atoms. The van der Waals surface area contributed by atoms with Gasteiger partial charge in [0.15, 0.2) is 5.78 Å². The van der Waals surface area contributed by atoms with E-state index in [2.05, 4.69) is 0 Å². The summed E-state index contributed by atoms with van der Waals surface area (Å²) >= 11 is 0. The van der Waals surface area contributed by atoms with Gasteiger partial charge in [0.1, 0.15) is 24.4 Å². The second kappa shape index (κ2) is 10.8. The van der Waals surface area contributed by atoms with Crippen LogP contribution >= 0.6 is 0 Å². The molecule has 1 aliphatic rings. The van der Waals surface area contributed by atoms with E-state index in [0.717, 1.165) is 30.6 Å². The number of hydrogen-bond donors (Lipinski definition) is 5. The average molecular weight is 409 g/mol. The topological polar surface area (TPSA) is 139 Å². The van der Waals surface area contributed by atoms with E-state index >= 15 is 0 Å². The molecule has 1 amide bonds. The van der Waals surface area contributed by atoms with E-state index in [1.54, 1.807) is 6.07 Å². The predicted molar refractivity (Wildman–Crippen MR) is 105 cm³/mol. The number of fused-ring (bicyclic) bond motifs is 1. The smallest absolute Gasteiger partial charge is 0.222 e. The van der Waals surface area contributed by atoms with Gasteiger partial charge < -0.3 is 30.4 Å². The zero-order valence-electron chi connectivity index (χ0n) is 16.7. The van der Waals surface area contributed by atoms with Gasteiger partial charge in [-0.25, -0.2) is 0 Å². The Morgan fingerprint density at radius 1 is 0.966 bits per heavy atom. The molecule has 2 rings (SSSR count). The first-order valence-electron chi connectivity index (χ1n) is 9.96. The first-order valence-corrected chi connectivity index (χ1v) is 9.96. The molecule has 0 bridgehead atoms. The van der Waals surface area contributed by atoms with E-state index in [9.17, 15) is 30.0 Å². The highest BCUT2D eigenvalue weighted by atomic mass is 16.4. The Bertz CT molecular complexity index is 708. The number of hydrogen-bond acceptors (Lipinski definition) is 7. The third kappa shape index (κ3) is 6.32. The third-order valence-corrected chi connectivity index (χ3v) is 5.45. The molecule has 5 N–H and O–H groups in total. The summed E-state index contributed by atoms with van der Waals surface area (Å²) in [5, 5.41) is 47.5. The molecule has 0 fully saturated rings. The van der Waals surface area contributed by atoms with Crippen molar-refractivity contribution in [2.45, 2.75) is 62.9 Å². The fourth-order valence-corrected chi connectivity index (χ4v) is 3.52. The van der Waals surface area contributed by atoms with Gasteiger partial charge in [-0.15, -0.1) is 0 Å². The Labute approximate surface area is 170 Å². The number of amides is 1. The summed E-state index contributed by atoms with van der Waals surface area (Å²) < 4.78 is 0. The third-order valence-electron chi connectivity index (χ3n) is 5.45. The van der Waals surface area contributed by atoms with Crippen LogP contribution in [0.4, 0.5) is 0 Å². The Morgan fingerprint density at radius 3 is 2.24 bits per heavy atom. The maximum absolute atomic E-state index is 12.4. The number of rotatable bonds is 10. The number of Topliss-reactive ketones (excluding diaryl/α,β-unsaturated/α-hetero) is 1. The molecule has 0 saturated carbocycles. The van der Waals surface area contributed by atoms with Crippen LogP contribution in [0.2, 0.25) is 0 Å². The van der Waals surface area contributed by atoms with Crippen molar-refractivity contribution in [1.29, 1.82) is 0 Å². The second-order valence-electron chi connectivity index (χ2n) is 7.69. The van der Waals surface area contributed by atoms with Crippen molar-refractivity contribution >= 4 is 11.7 Å². The molecule has 0 aromatic heterocycles. The summed E-state index contributed by atoms with van der Waals surface area (Å²) in [5.74, 6) is -0.512. The minimum absolute atomic E-state index is 0.0342. The van der Waals surface area contributed by atoms with Gasteiger partial charge in [-0.1, -0.05) is 12.1 Å². The summed E-state index contributed by atoms with van der Waals surface area (Å²) in [6, 6.07) is 5.70. The fourth-order valence-electron chi connectivity index (χ4n) is 3.52. The molecule has 1 aromatic carbocycles. The number of aliphatic hydroxyl groups excluding tert-OH is 5. The monoisotopic (exact) mass is 409 g/mol. The summed E-state index contributed by atoms with van der Waals surface area (Å²) in [4.78, 5) is 25.9. The van der Waals surface area contributed by atoms with Crippen LogP contribution in [0, 0.1) is 0 Å². The molecule has 8 nitrogen and oxygen atoms in total. The first-order chi connectivity index (χ1) is 13.7. The molecule has 1 aromatic rings. The first kappa shape index (κ1) is 23.4. The summed E-state index contributed by atoms with van der Waals surface area (Å²) in [5.41, 5.74) is 3.08. The molecule has 162 valence electrons. The van der Waals surface area contributed by atoms with Gasteiger partial charge in [-0.2, -0.15) is 0 Å². The highest BCUT2D eigenvalue weighted by molar-refractivity contribution is 5.98. The Balaban J connectivity index is 1.84. The van der Waals surface area contributed by atoms with Crippen LogP contribution in [0.15, 0.2) is 18.2 Å². The molecule has 8 heteroatoms. The predicted octanol–water partition coefficient (Wildman–Crippen LogP) is -0.577. The number of aliphatic hydroxyl groups is 5. The van der Waals surface area contributed by atoms with Crippen molar-refractivity contribution in [3.63, 3.8) is 0 Å². The SMILES string of the molecule is CN(CC(O)C(O)C(O)C(O)CO)C(=O)CCC(=O)c1ccc2c(c1)CCCC2. The van der Waals surface area contributed by atoms with Crippen LogP contribution in [0.25, 0.3) is 0 Å². The average Bonchev–Trinajstić information content (AvgIpc) is 2.74. The molecular weight excluding hydrogens is 378 g/mol. The van der Waals surface area contributed by atoms with Crippen molar-refractivity contribution in [2.75, 3.05) is 20.2 Å². The Hall–Kier alpha value is -1.84. The highest BCUT2D eigenvalue weighted by Crippen LogP contribution is 2.23. The maximum atomic E-state index is 12.4. The van der Waals surface area contributed by atoms with Crippen LogP contribution in [0.5, 0.6) is 0 Å². The lowest BCUT2D eigenvalue weighted by Gasteiger charge is -2.28. The molecular formula is C21H31NO7. The zero-order valence-corrected chi connectivity index (χ0v) is 16.7. The summed E-state index contributed by atoms with van der Waals surface area (Å²) in [6.07, 6.45) is -2.33. The van der Waals surface area contributed by atoms with E-state index in [4.69, 9.17) is 5.11 Å². The molecule has 4 unspecified atom stereocenters. The fraction of sp³-hybridized carbons (Fsp3) is 0.619. The second-order valence-corrected chi connectivity index (χ2v) is 7.69. The van der Waals surface area contributed by atoms with Crippen LogP contribution in [-0.2, 0) is 17.6 Å². The van der Waals surface area contributed by atoms with E-state index in [0.29, 0.717) is 5.56 Å². The van der Waals surface area contributed by atoms with Crippen LogP contribution in [0.1, 0.15) is 47.2 Å². The van der Waals surface area contributed by atoms with Crippen molar-refractivity contribution in [1.82, 2.24) is 4.90 Å². The van der Waals surface area contributed by atoms with E-state index in [1.807, 2.05) is 12.1 Å². The van der Waals surface area contributed by atoms with Gasteiger partial charge >= 0.3 is 0 Å². The maximum Gasteiger partial charge on any atom is 0.222 e. The van der Waals surface area contributed by atoms with E-state index in [-0.39, 0.29) is 31.1 Å². The van der Waals surface area contributed by atoms with Crippen molar-refractivity contribution < 1.29 is 35.1 Å². The lowest BCUT2D eigenvalue weighted by atomic mass is 9.89. The number of nitrogens with zero attached hydrogens (tertiary/aromatic N) is 1. The highest BCUT2D eigenvalue weighted by Gasteiger charge is 2.31. The minimum atomic E-state index is -1.75. The number of ketones is 1. The lowest BCUT2D eigenvalue weighted by Crippen LogP contribution is -2.50. The molecule has 1 aliphatic carbocycles. The van der Waals surface area contributed by atoms with Crippen LogP contribution in [-0.4, -0.2) is 86.7 Å². The van der Waals surface area contributed by atoms with Gasteiger partial charge in [0.25, 0.3) is 0 Å². The van der Waals surface area contributed by atoms with Gasteiger partial charge in [0.05, 0.1) is 6.61 Å². The van der Waals surface area contributed by atoms with Gasteiger partial charge in [-0.05, 0) is 42.9 Å². The number of carbonyl (C=O) groups excluding carboxylic acids is 2. The van der Waals surface area contributed by atoms with Crippen molar-refractivity contribution in [3.05, 3.63) is 34.9 Å². The van der Waals surface area contributed by atoms with E-state index < -0.39 is 31.0 Å². The molecule has 0 aliphatic heterocycles. The molecule has 0 radical (unpaired) electrons. The summed E-state index contributed by atoms with van der Waals surface area (Å²) in [7, 11) is 1.41. The quantitative estimate of drug-likeness (QED) is 0.326. The molecule has 0 heterocycles.